The molecule has 1 fully saturated rings. The molecule has 0 aromatic heterocycles. The molecule has 3 amide bonds. The van der Waals surface area contributed by atoms with Gasteiger partial charge in [0.15, 0.2) is 0 Å². The monoisotopic (exact) mass is 407 g/mol. The number of primary amides is 1. The minimum absolute atomic E-state index is 0.00845. The van der Waals surface area contributed by atoms with Gasteiger partial charge < -0.3 is 20.7 Å². The lowest BCUT2D eigenvalue weighted by molar-refractivity contribution is -0.384. The van der Waals surface area contributed by atoms with Gasteiger partial charge in [-0.25, -0.2) is 4.79 Å². The quantitative estimate of drug-likeness (QED) is 0.368. The molecule has 1 aliphatic heterocycles. The summed E-state index contributed by atoms with van der Waals surface area (Å²) in [6.45, 7) is 0.693. The fraction of sp³-hybridized carbons (Fsp3) is 0.471. The highest BCUT2D eigenvalue weighted by Crippen LogP contribution is 2.23. The number of non-ortho nitro benzene ring substituents is 1. The third kappa shape index (κ3) is 6.11. The van der Waals surface area contributed by atoms with Crippen molar-refractivity contribution in [2.45, 2.75) is 11.9 Å². The summed E-state index contributed by atoms with van der Waals surface area (Å²) in [6.07, 6.45) is -0.544. The van der Waals surface area contributed by atoms with Crippen LogP contribution in [0.15, 0.2) is 24.3 Å². The Bertz CT molecular complexity index is 769. The topological polar surface area (TPSA) is 152 Å². The van der Waals surface area contributed by atoms with Gasteiger partial charge in [0.1, 0.15) is 6.54 Å². The van der Waals surface area contributed by atoms with Crippen molar-refractivity contribution < 1.29 is 19.2 Å². The van der Waals surface area contributed by atoms with Crippen LogP contribution in [0.4, 0.5) is 10.5 Å². The lowest BCUT2D eigenvalue weighted by Gasteiger charge is -2.35. The molecule has 11 heteroatoms. The van der Waals surface area contributed by atoms with E-state index in [0.717, 1.165) is 5.56 Å². The summed E-state index contributed by atoms with van der Waals surface area (Å²) < 4.78 is 5.68. The fourth-order valence-corrected chi connectivity index (χ4v) is 3.95. The number of nitriles is 1. The minimum atomic E-state index is -0.598. The van der Waals surface area contributed by atoms with Crippen LogP contribution < -0.4 is 11.1 Å². The van der Waals surface area contributed by atoms with Crippen LogP contribution in [0.1, 0.15) is 5.56 Å². The van der Waals surface area contributed by atoms with Crippen molar-refractivity contribution in [2.75, 3.05) is 32.0 Å². The molecule has 1 aromatic carbocycles. The molecule has 2 unspecified atom stereocenters. The van der Waals surface area contributed by atoms with Gasteiger partial charge in [-0.15, -0.1) is 0 Å². The molecular formula is C17H21N5O5S. The van der Waals surface area contributed by atoms with Gasteiger partial charge in [0.2, 0.25) is 5.91 Å². The molecule has 0 saturated carbocycles. The predicted octanol–water partition coefficient (Wildman–Crippen LogP) is 0.863. The number of benzene rings is 1. The zero-order valence-electron chi connectivity index (χ0n) is 15.1. The van der Waals surface area contributed by atoms with E-state index in [0.29, 0.717) is 18.1 Å². The van der Waals surface area contributed by atoms with Crippen LogP contribution in [-0.2, 0) is 15.3 Å². The van der Waals surface area contributed by atoms with Crippen LogP contribution in [-0.4, -0.2) is 59.9 Å². The second-order valence-electron chi connectivity index (χ2n) is 6.12. The SMILES string of the molecule is N#CCNC(=O)C(CSCc1cccc([N+](=O)[O-])c1)C1CN(C(N)=O)CCO1. The molecule has 1 heterocycles. The summed E-state index contributed by atoms with van der Waals surface area (Å²) in [4.78, 5) is 35.8. The number of rotatable bonds is 8. The molecular weight excluding hydrogens is 386 g/mol. The van der Waals surface area contributed by atoms with Gasteiger partial charge in [0, 0.05) is 36.7 Å². The highest BCUT2D eigenvalue weighted by atomic mass is 32.2. The summed E-state index contributed by atoms with van der Waals surface area (Å²) >= 11 is 1.42. The first-order valence-corrected chi connectivity index (χ1v) is 9.69. The van der Waals surface area contributed by atoms with Crippen molar-refractivity contribution in [1.29, 1.82) is 5.26 Å². The van der Waals surface area contributed by atoms with E-state index < -0.39 is 23.0 Å². The van der Waals surface area contributed by atoms with Crippen molar-refractivity contribution in [3.63, 3.8) is 0 Å². The van der Waals surface area contributed by atoms with Gasteiger partial charge in [-0.2, -0.15) is 17.0 Å². The first kappa shape index (κ1) is 21.5. The smallest absolute Gasteiger partial charge is 0.314 e. The number of carbonyl (C=O) groups excluding carboxylic acids is 2. The third-order valence-corrected chi connectivity index (χ3v) is 5.35. The molecule has 0 bridgehead atoms. The summed E-state index contributed by atoms with van der Waals surface area (Å²) in [5.41, 5.74) is 6.10. The van der Waals surface area contributed by atoms with Crippen LogP contribution in [0.2, 0.25) is 0 Å². The van der Waals surface area contributed by atoms with Gasteiger partial charge in [-0.05, 0) is 5.56 Å². The van der Waals surface area contributed by atoms with Crippen LogP contribution >= 0.6 is 11.8 Å². The van der Waals surface area contributed by atoms with Gasteiger partial charge in [-0.3, -0.25) is 14.9 Å². The summed E-state index contributed by atoms with van der Waals surface area (Å²) in [5, 5.41) is 22.1. The Morgan fingerprint density at radius 3 is 3.00 bits per heavy atom. The normalized spacial score (nSPS) is 17.4. The Hall–Kier alpha value is -2.84. The first-order chi connectivity index (χ1) is 13.4. The number of hydrogen-bond acceptors (Lipinski definition) is 7. The van der Waals surface area contributed by atoms with E-state index in [-0.39, 0.29) is 31.3 Å². The minimum Gasteiger partial charge on any atom is -0.374 e. The molecule has 0 spiro atoms. The highest BCUT2D eigenvalue weighted by molar-refractivity contribution is 7.98. The average molecular weight is 407 g/mol. The molecule has 0 aliphatic carbocycles. The molecule has 150 valence electrons. The zero-order valence-corrected chi connectivity index (χ0v) is 15.9. The Morgan fingerprint density at radius 2 is 2.32 bits per heavy atom. The van der Waals surface area contributed by atoms with Gasteiger partial charge in [0.25, 0.3) is 5.69 Å². The number of nitrogens with one attached hydrogen (secondary N) is 1. The van der Waals surface area contributed by atoms with E-state index in [2.05, 4.69) is 5.32 Å². The third-order valence-electron chi connectivity index (χ3n) is 4.22. The van der Waals surface area contributed by atoms with E-state index in [4.69, 9.17) is 15.7 Å². The largest absolute Gasteiger partial charge is 0.374 e. The maximum Gasteiger partial charge on any atom is 0.314 e. The number of nitro groups is 1. The number of carbonyl (C=O) groups is 2. The Morgan fingerprint density at radius 1 is 1.54 bits per heavy atom. The molecule has 1 saturated heterocycles. The number of morpholine rings is 1. The first-order valence-electron chi connectivity index (χ1n) is 8.54. The Balaban J connectivity index is 2.02. The summed E-state index contributed by atoms with van der Waals surface area (Å²) in [6, 6.07) is 7.57. The van der Waals surface area contributed by atoms with Gasteiger partial charge in [-0.1, -0.05) is 12.1 Å². The molecule has 3 N–H and O–H groups in total. The molecule has 10 nitrogen and oxygen atoms in total. The predicted molar refractivity (Wildman–Crippen MR) is 102 cm³/mol. The summed E-state index contributed by atoms with van der Waals surface area (Å²) in [7, 11) is 0. The van der Waals surface area contributed by atoms with Crippen LogP contribution in [0.5, 0.6) is 0 Å². The standard InChI is InChI=1S/C17H21N5O5S/c18-4-5-20-16(23)14(15-9-21(17(19)24)6-7-27-15)11-28-10-12-2-1-3-13(8-12)22(25)26/h1-3,8,14-15H,5-7,9-11H2,(H2,19,24)(H,20,23). The second kappa shape index (κ2) is 10.5. The van der Waals surface area contributed by atoms with Crippen molar-refractivity contribution in [3.05, 3.63) is 39.9 Å². The molecule has 0 radical (unpaired) electrons. The van der Waals surface area contributed by atoms with E-state index >= 15 is 0 Å². The second-order valence-corrected chi connectivity index (χ2v) is 7.15. The maximum absolute atomic E-state index is 12.5. The zero-order chi connectivity index (χ0) is 20.5. The Kier molecular flexibility index (Phi) is 8.03. The number of thioether (sulfide) groups is 1. The maximum atomic E-state index is 12.5. The Labute approximate surface area is 166 Å². The summed E-state index contributed by atoms with van der Waals surface area (Å²) in [5.74, 6) is -0.115. The van der Waals surface area contributed by atoms with Gasteiger partial charge >= 0.3 is 6.03 Å². The highest BCUT2D eigenvalue weighted by Gasteiger charge is 2.34. The molecule has 1 aromatic rings. The van der Waals surface area contributed by atoms with Crippen molar-refractivity contribution >= 4 is 29.4 Å². The number of hydrogen-bond donors (Lipinski definition) is 2. The lowest BCUT2D eigenvalue weighted by Crippen LogP contribution is -2.53. The average Bonchev–Trinajstić information content (AvgIpc) is 2.69. The van der Waals surface area contributed by atoms with Crippen molar-refractivity contribution in [1.82, 2.24) is 10.2 Å². The number of ether oxygens (including phenoxy) is 1. The number of amides is 3. The molecule has 2 atom stereocenters. The number of nitro benzene ring substituents is 1. The van der Waals surface area contributed by atoms with Crippen LogP contribution in [0.25, 0.3) is 0 Å². The molecule has 1 aliphatic rings. The lowest BCUT2D eigenvalue weighted by atomic mass is 10.0. The van der Waals surface area contributed by atoms with Crippen molar-refractivity contribution in [3.8, 4) is 6.07 Å². The van der Waals surface area contributed by atoms with Crippen molar-refractivity contribution in [2.24, 2.45) is 11.7 Å². The van der Waals surface area contributed by atoms with E-state index in [1.165, 1.54) is 28.8 Å². The molecule has 28 heavy (non-hydrogen) atoms. The van der Waals surface area contributed by atoms with Gasteiger partial charge in [0.05, 0.1) is 29.6 Å². The molecule has 2 rings (SSSR count). The fourth-order valence-electron chi connectivity index (χ4n) is 2.79. The van der Waals surface area contributed by atoms with E-state index in [1.54, 1.807) is 12.1 Å². The van der Waals surface area contributed by atoms with Crippen LogP contribution in [0.3, 0.4) is 0 Å². The van der Waals surface area contributed by atoms with Crippen LogP contribution in [0, 0.1) is 27.4 Å². The number of nitrogens with two attached hydrogens (primary N) is 1. The van der Waals surface area contributed by atoms with E-state index in [9.17, 15) is 19.7 Å². The number of nitrogens with zero attached hydrogens (tertiary/aromatic N) is 3. The van der Waals surface area contributed by atoms with E-state index in [1.807, 2.05) is 6.07 Å². The number of urea groups is 1.